The van der Waals surface area contributed by atoms with Gasteiger partial charge in [-0.15, -0.1) is 11.6 Å². The van der Waals surface area contributed by atoms with E-state index in [4.69, 9.17) is 11.6 Å². The van der Waals surface area contributed by atoms with Gasteiger partial charge in [0, 0.05) is 18.2 Å². The van der Waals surface area contributed by atoms with Crippen LogP contribution in [0.5, 0.6) is 0 Å². The van der Waals surface area contributed by atoms with Crippen molar-refractivity contribution in [3.63, 3.8) is 0 Å². The standard InChI is InChI=1S/C20H18ClN3O3/c1-13(25)22-16-10-8-15(9-11-16)19(26)23-24-17(18(21)20(24)27)12-7-14-5-3-2-4-6-14/h2-12,17-18H,1H3,(H,22,25)(H,23,26). The number of benzene rings is 2. The molecule has 3 rings (SSSR count). The van der Waals surface area contributed by atoms with Crippen LogP contribution in [0.15, 0.2) is 60.7 Å². The monoisotopic (exact) mass is 383 g/mol. The number of hydrogen-bond donors (Lipinski definition) is 2. The molecule has 2 aromatic carbocycles. The van der Waals surface area contributed by atoms with Crippen LogP contribution >= 0.6 is 11.6 Å². The molecule has 2 aromatic rings. The first-order valence-electron chi connectivity index (χ1n) is 8.35. The number of rotatable bonds is 5. The molecule has 1 aliphatic heterocycles. The summed E-state index contributed by atoms with van der Waals surface area (Å²) >= 11 is 6.09. The summed E-state index contributed by atoms with van der Waals surface area (Å²) in [5.74, 6) is -0.985. The van der Waals surface area contributed by atoms with Gasteiger partial charge in [0.15, 0.2) is 0 Å². The molecule has 0 saturated carbocycles. The first kappa shape index (κ1) is 18.7. The van der Waals surface area contributed by atoms with Crippen molar-refractivity contribution in [2.45, 2.75) is 18.3 Å². The van der Waals surface area contributed by atoms with Gasteiger partial charge in [-0.3, -0.25) is 19.8 Å². The third-order valence-corrected chi connectivity index (χ3v) is 4.49. The Labute approximate surface area is 161 Å². The lowest BCUT2D eigenvalue weighted by molar-refractivity contribution is -0.146. The maximum Gasteiger partial charge on any atom is 0.269 e. The average molecular weight is 384 g/mol. The Morgan fingerprint density at radius 3 is 2.37 bits per heavy atom. The van der Waals surface area contributed by atoms with Crippen molar-refractivity contribution in [3.05, 3.63) is 71.8 Å². The summed E-state index contributed by atoms with van der Waals surface area (Å²) in [5.41, 5.74) is 4.50. The highest BCUT2D eigenvalue weighted by molar-refractivity contribution is 6.34. The molecule has 3 amide bonds. The Balaban J connectivity index is 1.66. The quantitative estimate of drug-likeness (QED) is 0.615. The van der Waals surface area contributed by atoms with Gasteiger partial charge < -0.3 is 5.32 Å². The van der Waals surface area contributed by atoms with Crippen LogP contribution in [0.25, 0.3) is 6.08 Å². The van der Waals surface area contributed by atoms with Crippen LogP contribution in [0, 0.1) is 0 Å². The lowest BCUT2D eigenvalue weighted by Crippen LogP contribution is -2.67. The van der Waals surface area contributed by atoms with Crippen LogP contribution < -0.4 is 10.7 Å². The van der Waals surface area contributed by atoms with Crippen molar-refractivity contribution in [2.24, 2.45) is 0 Å². The molecule has 2 atom stereocenters. The van der Waals surface area contributed by atoms with E-state index in [0.29, 0.717) is 11.3 Å². The van der Waals surface area contributed by atoms with Crippen molar-refractivity contribution < 1.29 is 14.4 Å². The minimum atomic E-state index is -0.715. The molecule has 0 radical (unpaired) electrons. The van der Waals surface area contributed by atoms with Gasteiger partial charge in [-0.2, -0.15) is 0 Å². The molecule has 1 fully saturated rings. The molecule has 6 nitrogen and oxygen atoms in total. The molecule has 1 aliphatic rings. The van der Waals surface area contributed by atoms with E-state index in [1.807, 2.05) is 36.4 Å². The first-order chi connectivity index (χ1) is 13.0. The number of hydrazine groups is 1. The second kappa shape index (κ2) is 8.05. The summed E-state index contributed by atoms with van der Waals surface area (Å²) in [6.45, 7) is 1.40. The van der Waals surface area contributed by atoms with Gasteiger partial charge in [0.1, 0.15) is 5.38 Å². The molecule has 0 spiro atoms. The van der Waals surface area contributed by atoms with Crippen molar-refractivity contribution >= 4 is 41.1 Å². The fourth-order valence-corrected chi connectivity index (χ4v) is 2.95. The van der Waals surface area contributed by atoms with E-state index in [0.717, 1.165) is 5.56 Å². The third-order valence-electron chi connectivity index (χ3n) is 4.05. The number of alkyl halides is 1. The maximum absolute atomic E-state index is 12.4. The number of amides is 3. The molecular formula is C20H18ClN3O3. The zero-order chi connectivity index (χ0) is 19.4. The Bertz CT molecular complexity index is 881. The second-order valence-electron chi connectivity index (χ2n) is 6.07. The highest BCUT2D eigenvalue weighted by atomic mass is 35.5. The maximum atomic E-state index is 12.4. The SMILES string of the molecule is CC(=O)Nc1ccc(C(=O)NN2C(=O)C(Cl)C2C=Cc2ccccc2)cc1. The number of halogens is 1. The van der Waals surface area contributed by atoms with Crippen LogP contribution in [0.4, 0.5) is 5.69 Å². The number of nitrogens with one attached hydrogen (secondary N) is 2. The zero-order valence-electron chi connectivity index (χ0n) is 14.6. The minimum absolute atomic E-state index is 0.195. The Hall–Kier alpha value is -3.12. The number of β-lactam (4-membered cyclic amide) rings is 1. The number of carbonyl (C=O) groups is 3. The Morgan fingerprint density at radius 1 is 1.07 bits per heavy atom. The molecule has 1 heterocycles. The summed E-state index contributed by atoms with van der Waals surface area (Å²) in [5, 5.41) is 3.13. The number of anilines is 1. The van der Waals surface area contributed by atoms with Gasteiger partial charge in [0.05, 0.1) is 6.04 Å². The van der Waals surface area contributed by atoms with Gasteiger partial charge >= 0.3 is 0 Å². The summed E-state index contributed by atoms with van der Waals surface area (Å²) < 4.78 is 0. The zero-order valence-corrected chi connectivity index (χ0v) is 15.3. The summed E-state index contributed by atoms with van der Waals surface area (Å²) in [6, 6.07) is 15.5. The number of carbonyl (C=O) groups excluding carboxylic acids is 3. The summed E-state index contributed by atoms with van der Waals surface area (Å²) in [6.07, 6.45) is 3.64. The molecule has 0 aliphatic carbocycles. The van der Waals surface area contributed by atoms with Crippen molar-refractivity contribution in [2.75, 3.05) is 5.32 Å². The average Bonchev–Trinajstić information content (AvgIpc) is 2.67. The molecule has 0 bridgehead atoms. The van der Waals surface area contributed by atoms with Gasteiger partial charge in [-0.05, 0) is 29.8 Å². The predicted molar refractivity (Wildman–Crippen MR) is 104 cm³/mol. The minimum Gasteiger partial charge on any atom is -0.326 e. The normalized spacial score (nSPS) is 18.9. The second-order valence-corrected chi connectivity index (χ2v) is 6.54. The highest BCUT2D eigenvalue weighted by Gasteiger charge is 2.45. The molecular weight excluding hydrogens is 366 g/mol. The topological polar surface area (TPSA) is 78.5 Å². The van der Waals surface area contributed by atoms with E-state index in [1.54, 1.807) is 30.3 Å². The van der Waals surface area contributed by atoms with E-state index >= 15 is 0 Å². The fourth-order valence-electron chi connectivity index (χ4n) is 2.64. The molecule has 0 aromatic heterocycles. The van der Waals surface area contributed by atoms with Gasteiger partial charge in [-0.1, -0.05) is 42.5 Å². The first-order valence-corrected chi connectivity index (χ1v) is 8.78. The smallest absolute Gasteiger partial charge is 0.269 e. The van der Waals surface area contributed by atoms with E-state index < -0.39 is 17.3 Å². The van der Waals surface area contributed by atoms with E-state index in [1.165, 1.54) is 11.9 Å². The molecule has 138 valence electrons. The fraction of sp³-hybridized carbons (Fsp3) is 0.150. The van der Waals surface area contributed by atoms with E-state index in [2.05, 4.69) is 10.7 Å². The van der Waals surface area contributed by atoms with E-state index in [9.17, 15) is 14.4 Å². The number of nitrogens with zero attached hydrogens (tertiary/aromatic N) is 1. The van der Waals surface area contributed by atoms with Crippen LogP contribution in [0.1, 0.15) is 22.8 Å². The van der Waals surface area contributed by atoms with Crippen LogP contribution in [0.3, 0.4) is 0 Å². The molecule has 27 heavy (non-hydrogen) atoms. The summed E-state index contributed by atoms with van der Waals surface area (Å²) in [7, 11) is 0. The van der Waals surface area contributed by atoms with E-state index in [-0.39, 0.29) is 11.8 Å². The van der Waals surface area contributed by atoms with Crippen molar-refractivity contribution in [1.82, 2.24) is 10.4 Å². The third kappa shape index (κ3) is 4.35. The predicted octanol–water partition coefficient (Wildman–Crippen LogP) is 2.82. The van der Waals surface area contributed by atoms with Crippen LogP contribution in [-0.2, 0) is 9.59 Å². The summed E-state index contributed by atoms with van der Waals surface area (Å²) in [4.78, 5) is 35.5. The number of hydrogen-bond acceptors (Lipinski definition) is 3. The molecule has 1 saturated heterocycles. The molecule has 7 heteroatoms. The molecule has 2 unspecified atom stereocenters. The van der Waals surface area contributed by atoms with Crippen LogP contribution in [0.2, 0.25) is 0 Å². The van der Waals surface area contributed by atoms with Crippen molar-refractivity contribution in [3.8, 4) is 0 Å². The van der Waals surface area contributed by atoms with Crippen molar-refractivity contribution in [1.29, 1.82) is 0 Å². The van der Waals surface area contributed by atoms with Gasteiger partial charge in [0.2, 0.25) is 5.91 Å². The Morgan fingerprint density at radius 2 is 1.74 bits per heavy atom. The highest BCUT2D eigenvalue weighted by Crippen LogP contribution is 2.25. The van der Waals surface area contributed by atoms with Crippen LogP contribution in [-0.4, -0.2) is 34.1 Å². The lowest BCUT2D eigenvalue weighted by Gasteiger charge is -2.42. The van der Waals surface area contributed by atoms with Gasteiger partial charge in [-0.25, -0.2) is 5.01 Å². The Kier molecular flexibility index (Phi) is 5.57. The van der Waals surface area contributed by atoms with Gasteiger partial charge in [0.25, 0.3) is 11.8 Å². The lowest BCUT2D eigenvalue weighted by atomic mass is 10.0. The molecule has 2 N–H and O–H groups in total. The largest absolute Gasteiger partial charge is 0.326 e.